The van der Waals surface area contributed by atoms with E-state index in [1.54, 1.807) is 24.5 Å². The van der Waals surface area contributed by atoms with Crippen LogP contribution in [0.25, 0.3) is 11.0 Å². The van der Waals surface area contributed by atoms with Crippen LogP contribution in [0.1, 0.15) is 30.5 Å². The quantitative estimate of drug-likeness (QED) is 0.505. The number of amides is 1. The van der Waals surface area contributed by atoms with Crippen LogP contribution in [0, 0.1) is 13.8 Å². The van der Waals surface area contributed by atoms with Gasteiger partial charge in [0, 0.05) is 22.7 Å². The first kappa shape index (κ1) is 22.2. The normalized spacial score (nSPS) is 10.7. The fraction of sp³-hybridized carbons (Fsp3) is 0.333. The average molecular weight is 425 g/mol. The lowest BCUT2D eigenvalue weighted by Crippen LogP contribution is -2.21. The van der Waals surface area contributed by atoms with Crippen LogP contribution in [0.4, 0.5) is 5.69 Å². The Balaban J connectivity index is 1.57. The summed E-state index contributed by atoms with van der Waals surface area (Å²) in [4.78, 5) is 24.5. The number of aryl methyl sites for hydroxylation is 2. The summed E-state index contributed by atoms with van der Waals surface area (Å²) in [5.41, 5.74) is 4.19. The Morgan fingerprint density at radius 1 is 1.00 bits per heavy atom. The van der Waals surface area contributed by atoms with Crippen molar-refractivity contribution in [3.05, 3.63) is 53.3 Å². The van der Waals surface area contributed by atoms with Gasteiger partial charge in [-0.15, -0.1) is 0 Å². The van der Waals surface area contributed by atoms with Crippen molar-refractivity contribution in [3.8, 4) is 11.5 Å². The Bertz CT molecular complexity index is 1090. The number of nitrogens with one attached hydrogen (secondary N) is 1. The summed E-state index contributed by atoms with van der Waals surface area (Å²) >= 11 is 0. The van der Waals surface area contributed by atoms with Crippen LogP contribution in [0.2, 0.25) is 0 Å². The number of benzene rings is 2. The molecule has 0 spiro atoms. The summed E-state index contributed by atoms with van der Waals surface area (Å²) in [6, 6.07) is 9.02. The van der Waals surface area contributed by atoms with E-state index in [4.69, 9.17) is 18.6 Å². The van der Waals surface area contributed by atoms with E-state index in [9.17, 15) is 9.59 Å². The molecule has 0 saturated carbocycles. The Morgan fingerprint density at radius 3 is 2.48 bits per heavy atom. The zero-order chi connectivity index (χ0) is 22.4. The number of hydrogen-bond donors (Lipinski definition) is 1. The highest BCUT2D eigenvalue weighted by atomic mass is 16.5. The summed E-state index contributed by atoms with van der Waals surface area (Å²) in [7, 11) is 0. The van der Waals surface area contributed by atoms with Gasteiger partial charge in [0.05, 0.1) is 25.9 Å². The lowest BCUT2D eigenvalue weighted by Gasteiger charge is -2.13. The SMILES string of the molecule is CCOc1ccc(NC(=O)COC(=O)Cc2coc3c(C)c(C)ccc23)cc1OCC. The number of rotatable bonds is 9. The third-order valence-electron chi connectivity index (χ3n) is 4.87. The van der Waals surface area contributed by atoms with E-state index in [2.05, 4.69) is 5.32 Å². The van der Waals surface area contributed by atoms with Crippen molar-refractivity contribution in [2.75, 3.05) is 25.1 Å². The molecule has 0 saturated heterocycles. The molecule has 0 unspecified atom stereocenters. The Labute approximate surface area is 181 Å². The molecule has 2 aromatic carbocycles. The minimum atomic E-state index is -0.502. The van der Waals surface area contributed by atoms with E-state index >= 15 is 0 Å². The minimum absolute atomic E-state index is 0.0281. The number of ether oxygens (including phenoxy) is 3. The van der Waals surface area contributed by atoms with Gasteiger partial charge in [-0.25, -0.2) is 0 Å². The topological polar surface area (TPSA) is 87.0 Å². The van der Waals surface area contributed by atoms with Gasteiger partial charge in [0.15, 0.2) is 18.1 Å². The van der Waals surface area contributed by atoms with Gasteiger partial charge < -0.3 is 23.9 Å². The molecule has 0 aliphatic carbocycles. The number of esters is 1. The largest absolute Gasteiger partial charge is 0.490 e. The predicted octanol–water partition coefficient (Wildman–Crippen LogP) is 4.57. The van der Waals surface area contributed by atoms with Gasteiger partial charge in [0.1, 0.15) is 5.58 Å². The van der Waals surface area contributed by atoms with E-state index in [1.165, 1.54) is 0 Å². The van der Waals surface area contributed by atoms with Gasteiger partial charge in [-0.3, -0.25) is 9.59 Å². The third-order valence-corrected chi connectivity index (χ3v) is 4.87. The lowest BCUT2D eigenvalue weighted by atomic mass is 10.0. The van der Waals surface area contributed by atoms with Gasteiger partial charge in [-0.1, -0.05) is 12.1 Å². The molecule has 0 fully saturated rings. The Hall–Kier alpha value is -3.48. The average Bonchev–Trinajstić information content (AvgIpc) is 3.15. The van der Waals surface area contributed by atoms with Crippen molar-refractivity contribution in [3.63, 3.8) is 0 Å². The standard InChI is InChI=1S/C24H27NO6/c1-5-28-20-10-8-18(12-21(20)29-6-2)25-22(26)14-30-23(27)11-17-13-31-24-16(4)15(3)7-9-19(17)24/h7-10,12-13H,5-6,11,14H2,1-4H3,(H,25,26). The summed E-state index contributed by atoms with van der Waals surface area (Å²) in [5.74, 6) is 0.198. The molecule has 1 aromatic heterocycles. The van der Waals surface area contributed by atoms with Crippen LogP contribution >= 0.6 is 0 Å². The molecule has 0 aliphatic heterocycles. The number of carbonyl (C=O) groups is 2. The second-order valence-corrected chi connectivity index (χ2v) is 7.06. The lowest BCUT2D eigenvalue weighted by molar-refractivity contribution is -0.146. The van der Waals surface area contributed by atoms with E-state index in [1.807, 2.05) is 39.8 Å². The van der Waals surface area contributed by atoms with Gasteiger partial charge in [-0.05, 0) is 51.0 Å². The van der Waals surface area contributed by atoms with Crippen LogP contribution in [-0.4, -0.2) is 31.7 Å². The van der Waals surface area contributed by atoms with Crippen LogP contribution in [0.3, 0.4) is 0 Å². The fourth-order valence-corrected chi connectivity index (χ4v) is 3.20. The zero-order valence-corrected chi connectivity index (χ0v) is 18.2. The first-order valence-corrected chi connectivity index (χ1v) is 10.2. The van der Waals surface area contributed by atoms with Crippen LogP contribution in [0.5, 0.6) is 11.5 Å². The molecule has 7 nitrogen and oxygen atoms in total. The Morgan fingerprint density at radius 2 is 1.74 bits per heavy atom. The number of anilines is 1. The molecule has 1 heterocycles. The fourth-order valence-electron chi connectivity index (χ4n) is 3.20. The molecule has 1 amide bonds. The predicted molar refractivity (Wildman–Crippen MR) is 118 cm³/mol. The van der Waals surface area contributed by atoms with E-state index in [0.717, 1.165) is 27.7 Å². The van der Waals surface area contributed by atoms with E-state index in [-0.39, 0.29) is 13.0 Å². The number of furan rings is 1. The molecular formula is C24H27NO6. The monoisotopic (exact) mass is 425 g/mol. The molecule has 1 N–H and O–H groups in total. The van der Waals surface area contributed by atoms with Crippen LogP contribution < -0.4 is 14.8 Å². The van der Waals surface area contributed by atoms with Crippen molar-refractivity contribution in [1.29, 1.82) is 0 Å². The highest BCUT2D eigenvalue weighted by Gasteiger charge is 2.15. The second kappa shape index (κ2) is 10.0. The van der Waals surface area contributed by atoms with Gasteiger partial charge in [0.2, 0.25) is 0 Å². The smallest absolute Gasteiger partial charge is 0.310 e. The summed E-state index contributed by atoms with van der Waals surface area (Å²) in [5, 5.41) is 3.57. The molecular weight excluding hydrogens is 398 g/mol. The highest BCUT2D eigenvalue weighted by Crippen LogP contribution is 2.30. The molecule has 0 aliphatic rings. The molecule has 7 heteroatoms. The summed E-state index contributed by atoms with van der Waals surface area (Å²) in [6.07, 6.45) is 1.59. The minimum Gasteiger partial charge on any atom is -0.490 e. The van der Waals surface area contributed by atoms with Gasteiger partial charge >= 0.3 is 5.97 Å². The summed E-state index contributed by atoms with van der Waals surface area (Å²) in [6.45, 7) is 8.32. The molecule has 3 aromatic rings. The van der Waals surface area contributed by atoms with Crippen molar-refractivity contribution >= 4 is 28.5 Å². The first-order valence-electron chi connectivity index (χ1n) is 10.2. The third kappa shape index (κ3) is 5.36. The molecule has 3 rings (SSSR count). The maximum absolute atomic E-state index is 12.2. The molecule has 0 radical (unpaired) electrons. The number of carbonyl (C=O) groups excluding carboxylic acids is 2. The molecule has 0 atom stereocenters. The molecule has 31 heavy (non-hydrogen) atoms. The second-order valence-electron chi connectivity index (χ2n) is 7.06. The maximum Gasteiger partial charge on any atom is 0.310 e. The van der Waals surface area contributed by atoms with Gasteiger partial charge in [-0.2, -0.15) is 0 Å². The van der Waals surface area contributed by atoms with E-state index < -0.39 is 11.9 Å². The van der Waals surface area contributed by atoms with Crippen molar-refractivity contribution in [2.24, 2.45) is 0 Å². The number of fused-ring (bicyclic) bond motifs is 1. The Kier molecular flexibility index (Phi) is 7.18. The summed E-state index contributed by atoms with van der Waals surface area (Å²) < 4.78 is 21.8. The van der Waals surface area contributed by atoms with E-state index in [0.29, 0.717) is 30.4 Å². The van der Waals surface area contributed by atoms with Gasteiger partial charge in [0.25, 0.3) is 5.91 Å². The number of hydrogen-bond acceptors (Lipinski definition) is 6. The highest BCUT2D eigenvalue weighted by molar-refractivity contribution is 5.94. The molecule has 164 valence electrons. The van der Waals surface area contributed by atoms with Crippen LogP contribution in [0.15, 0.2) is 41.0 Å². The molecule has 0 bridgehead atoms. The zero-order valence-electron chi connectivity index (χ0n) is 18.2. The van der Waals surface area contributed by atoms with Crippen LogP contribution in [-0.2, 0) is 20.7 Å². The first-order chi connectivity index (χ1) is 14.9. The van der Waals surface area contributed by atoms with Crippen molar-refractivity contribution < 1.29 is 28.2 Å². The maximum atomic E-state index is 12.2. The van der Waals surface area contributed by atoms with Crippen molar-refractivity contribution in [2.45, 2.75) is 34.1 Å². The van der Waals surface area contributed by atoms with Crippen molar-refractivity contribution in [1.82, 2.24) is 0 Å².